The van der Waals surface area contributed by atoms with Crippen LogP contribution in [0.4, 0.5) is 0 Å². The van der Waals surface area contributed by atoms with Crippen LogP contribution in [0.2, 0.25) is 0 Å². The van der Waals surface area contributed by atoms with E-state index >= 15 is 0 Å². The Morgan fingerprint density at radius 1 is 1.27 bits per heavy atom. The summed E-state index contributed by atoms with van der Waals surface area (Å²) in [5.74, 6) is 1.62. The largest absolute Gasteiger partial charge is 0.493 e. The number of nitrogens with zero attached hydrogens (tertiary/aromatic N) is 2. The molecule has 0 bridgehead atoms. The minimum absolute atomic E-state index is 0. The number of guanidine groups is 1. The van der Waals surface area contributed by atoms with E-state index in [4.69, 9.17) is 15.2 Å². The van der Waals surface area contributed by atoms with Gasteiger partial charge in [-0.2, -0.15) is 0 Å². The maximum atomic E-state index is 11.5. The van der Waals surface area contributed by atoms with Crippen molar-refractivity contribution in [3.63, 3.8) is 0 Å². The third-order valence-corrected chi connectivity index (χ3v) is 4.97. The predicted molar refractivity (Wildman–Crippen MR) is 115 cm³/mol. The molecule has 0 amide bonds. The fourth-order valence-electron chi connectivity index (χ4n) is 2.24. The van der Waals surface area contributed by atoms with E-state index < -0.39 is 10.0 Å². The lowest BCUT2D eigenvalue weighted by molar-refractivity contribution is 0.354. The Bertz CT molecular complexity index is 683. The molecule has 8 nitrogen and oxygen atoms in total. The van der Waals surface area contributed by atoms with Crippen molar-refractivity contribution < 1.29 is 17.9 Å². The topological polar surface area (TPSA) is 106 Å². The molecule has 0 spiro atoms. The standard InChI is InChI=1S/C16H28N4O4S.HI/c1-5-20(25(4,21)22)10-6-9-18-16(17)19-12-13-7-8-14(23-2)15(11-13)24-3;/h7-8,11H,5-6,9-10,12H2,1-4H3,(H3,17,18,19);1H. The van der Waals surface area contributed by atoms with Gasteiger partial charge in [0.25, 0.3) is 0 Å². The smallest absolute Gasteiger partial charge is 0.211 e. The third kappa shape index (κ3) is 8.41. The molecule has 0 aliphatic heterocycles. The monoisotopic (exact) mass is 500 g/mol. The van der Waals surface area contributed by atoms with Crippen molar-refractivity contribution in [2.45, 2.75) is 19.9 Å². The first-order valence-electron chi connectivity index (χ1n) is 8.01. The van der Waals surface area contributed by atoms with Gasteiger partial charge in [-0.3, -0.25) is 0 Å². The van der Waals surface area contributed by atoms with Gasteiger partial charge in [0.15, 0.2) is 17.5 Å². The number of halogens is 1. The molecule has 0 heterocycles. The number of sulfonamides is 1. The van der Waals surface area contributed by atoms with Crippen LogP contribution in [0.5, 0.6) is 11.5 Å². The first-order chi connectivity index (χ1) is 11.8. The Morgan fingerprint density at radius 3 is 2.46 bits per heavy atom. The molecule has 0 aliphatic carbocycles. The zero-order valence-corrected chi connectivity index (χ0v) is 18.8. The summed E-state index contributed by atoms with van der Waals surface area (Å²) in [7, 11) is 0.0122. The van der Waals surface area contributed by atoms with Crippen LogP contribution in [0.3, 0.4) is 0 Å². The van der Waals surface area contributed by atoms with Crippen molar-refractivity contribution in [2.75, 3.05) is 40.1 Å². The SMILES string of the molecule is CCN(CCCNC(N)=NCc1ccc(OC)c(OC)c1)S(C)(=O)=O.I. The van der Waals surface area contributed by atoms with Crippen LogP contribution in [0.15, 0.2) is 23.2 Å². The lowest BCUT2D eigenvalue weighted by Gasteiger charge is -2.17. The van der Waals surface area contributed by atoms with E-state index in [9.17, 15) is 8.42 Å². The number of nitrogens with one attached hydrogen (secondary N) is 1. The van der Waals surface area contributed by atoms with Crippen LogP contribution in [0.25, 0.3) is 0 Å². The second kappa shape index (κ2) is 12.2. The number of nitrogens with two attached hydrogens (primary N) is 1. The zero-order valence-electron chi connectivity index (χ0n) is 15.7. The summed E-state index contributed by atoms with van der Waals surface area (Å²) in [6, 6.07) is 5.56. The highest BCUT2D eigenvalue weighted by Crippen LogP contribution is 2.27. The summed E-state index contributed by atoms with van der Waals surface area (Å²) >= 11 is 0. The minimum atomic E-state index is -3.15. The van der Waals surface area contributed by atoms with Crippen LogP contribution in [-0.4, -0.2) is 58.8 Å². The van der Waals surface area contributed by atoms with E-state index in [1.807, 2.05) is 25.1 Å². The number of benzene rings is 1. The normalized spacial score (nSPS) is 11.8. The van der Waals surface area contributed by atoms with Crippen LogP contribution in [0, 0.1) is 0 Å². The number of rotatable bonds is 10. The number of methoxy groups -OCH3 is 2. The Labute approximate surface area is 173 Å². The summed E-state index contributed by atoms with van der Waals surface area (Å²) in [6.07, 6.45) is 1.86. The molecule has 1 aromatic rings. The minimum Gasteiger partial charge on any atom is -0.493 e. The molecule has 0 aliphatic rings. The van der Waals surface area contributed by atoms with E-state index in [0.29, 0.717) is 50.1 Å². The molecule has 0 saturated carbocycles. The van der Waals surface area contributed by atoms with Crippen molar-refractivity contribution >= 4 is 40.0 Å². The Kier molecular flexibility index (Phi) is 11.6. The lowest BCUT2D eigenvalue weighted by atomic mass is 10.2. The highest BCUT2D eigenvalue weighted by Gasteiger charge is 2.13. The Balaban J connectivity index is 0.00000625. The molecule has 1 rings (SSSR count). The second-order valence-electron chi connectivity index (χ2n) is 5.43. The summed E-state index contributed by atoms with van der Waals surface area (Å²) < 4.78 is 34.8. The van der Waals surface area contributed by atoms with Gasteiger partial charge < -0.3 is 20.5 Å². The quantitative estimate of drug-likeness (QED) is 0.218. The Hall–Kier alpha value is -1.27. The van der Waals surface area contributed by atoms with Crippen molar-refractivity contribution in [3.8, 4) is 11.5 Å². The average Bonchev–Trinajstić information content (AvgIpc) is 2.58. The van der Waals surface area contributed by atoms with E-state index in [2.05, 4.69) is 10.3 Å². The van der Waals surface area contributed by atoms with Crippen molar-refractivity contribution in [1.29, 1.82) is 0 Å². The molecular weight excluding hydrogens is 471 g/mol. The van der Waals surface area contributed by atoms with Crippen LogP contribution >= 0.6 is 24.0 Å². The molecule has 10 heteroatoms. The number of aliphatic imine (C=N–C) groups is 1. The van der Waals surface area contributed by atoms with Gasteiger partial charge in [0.1, 0.15) is 0 Å². The molecule has 150 valence electrons. The van der Waals surface area contributed by atoms with Gasteiger partial charge >= 0.3 is 0 Å². The zero-order chi connectivity index (χ0) is 18.9. The van der Waals surface area contributed by atoms with E-state index in [1.165, 1.54) is 10.6 Å². The van der Waals surface area contributed by atoms with Crippen LogP contribution in [-0.2, 0) is 16.6 Å². The number of ether oxygens (including phenoxy) is 2. The summed E-state index contributed by atoms with van der Waals surface area (Å²) in [5.41, 5.74) is 6.78. The third-order valence-electron chi connectivity index (χ3n) is 3.59. The van der Waals surface area contributed by atoms with Gasteiger partial charge in [0.05, 0.1) is 27.0 Å². The molecule has 3 N–H and O–H groups in total. The summed E-state index contributed by atoms with van der Waals surface area (Å²) in [6.45, 7) is 3.68. The molecule has 0 radical (unpaired) electrons. The average molecular weight is 500 g/mol. The van der Waals surface area contributed by atoms with E-state index in [1.54, 1.807) is 14.2 Å². The Morgan fingerprint density at radius 2 is 1.92 bits per heavy atom. The molecule has 0 fully saturated rings. The van der Waals surface area contributed by atoms with Gasteiger partial charge in [-0.05, 0) is 24.1 Å². The number of hydrogen-bond donors (Lipinski definition) is 2. The van der Waals surface area contributed by atoms with Crippen LogP contribution in [0.1, 0.15) is 18.9 Å². The molecule has 1 aromatic carbocycles. The molecule has 26 heavy (non-hydrogen) atoms. The van der Waals surface area contributed by atoms with Gasteiger partial charge in [-0.15, -0.1) is 24.0 Å². The van der Waals surface area contributed by atoms with Gasteiger partial charge in [-0.1, -0.05) is 13.0 Å². The highest BCUT2D eigenvalue weighted by molar-refractivity contribution is 14.0. The van der Waals surface area contributed by atoms with Gasteiger partial charge in [-0.25, -0.2) is 17.7 Å². The molecule has 0 atom stereocenters. The van der Waals surface area contributed by atoms with Gasteiger partial charge in [0, 0.05) is 19.6 Å². The molecule has 0 unspecified atom stereocenters. The van der Waals surface area contributed by atoms with Gasteiger partial charge in [0.2, 0.25) is 10.0 Å². The first kappa shape index (κ1) is 24.7. The molecule has 0 aromatic heterocycles. The maximum Gasteiger partial charge on any atom is 0.211 e. The van der Waals surface area contributed by atoms with Crippen molar-refractivity contribution in [1.82, 2.24) is 9.62 Å². The highest BCUT2D eigenvalue weighted by atomic mass is 127. The maximum absolute atomic E-state index is 11.5. The summed E-state index contributed by atoms with van der Waals surface area (Å²) in [5, 5.41) is 2.99. The van der Waals surface area contributed by atoms with Crippen molar-refractivity contribution in [2.24, 2.45) is 10.7 Å². The summed E-state index contributed by atoms with van der Waals surface area (Å²) in [4.78, 5) is 4.27. The number of hydrogen-bond acceptors (Lipinski definition) is 5. The fourth-order valence-corrected chi connectivity index (χ4v) is 3.17. The molecular formula is C16H29IN4O4S. The fraction of sp³-hybridized carbons (Fsp3) is 0.562. The molecule has 0 saturated heterocycles. The van der Waals surface area contributed by atoms with Crippen molar-refractivity contribution in [3.05, 3.63) is 23.8 Å². The van der Waals surface area contributed by atoms with E-state index in [-0.39, 0.29) is 24.0 Å². The lowest BCUT2D eigenvalue weighted by Crippen LogP contribution is -2.36. The van der Waals surface area contributed by atoms with E-state index in [0.717, 1.165) is 5.56 Å². The van der Waals surface area contributed by atoms with Crippen LogP contribution < -0.4 is 20.5 Å². The first-order valence-corrected chi connectivity index (χ1v) is 9.86. The predicted octanol–water partition coefficient (Wildman–Crippen LogP) is 1.40. The second-order valence-corrected chi connectivity index (χ2v) is 7.41.